The zero-order chi connectivity index (χ0) is 13.9. The van der Waals surface area contributed by atoms with Gasteiger partial charge in [-0.25, -0.2) is 13.2 Å². The first kappa shape index (κ1) is 14.2. The van der Waals surface area contributed by atoms with Gasteiger partial charge in [-0.2, -0.15) is 0 Å². The first-order valence-electron chi connectivity index (χ1n) is 4.59. The van der Waals surface area contributed by atoms with Crippen LogP contribution in [0, 0.1) is 0 Å². The molecule has 0 unspecified atom stereocenters. The van der Waals surface area contributed by atoms with Crippen molar-refractivity contribution in [2.45, 2.75) is 4.90 Å². The van der Waals surface area contributed by atoms with E-state index in [-0.39, 0.29) is 9.20 Å². The number of nitrogens with two attached hydrogens (primary N) is 2. The molecule has 0 aliphatic rings. The normalized spacial score (nSPS) is 10.7. The molecule has 0 aromatic heterocycles. The fraction of sp³-hybridized carbons (Fsp3) is 0.111. The average molecular weight is 289 g/mol. The fourth-order valence-corrected chi connectivity index (χ4v) is 2.70. The number of rotatable bonds is 2. The summed E-state index contributed by atoms with van der Waals surface area (Å²) < 4.78 is 28.7. The molecular weight excluding hydrogens is 278 g/mol. The third-order valence-electron chi connectivity index (χ3n) is 1.96. The Balaban J connectivity index is 3.30. The summed E-state index contributed by atoms with van der Waals surface area (Å²) in [6.45, 7) is 0. The van der Waals surface area contributed by atoms with Gasteiger partial charge in [-0.05, 0) is 36.5 Å². The number of sulfonamides is 1. The molecular formula is C9H11N3O4S2. The predicted molar refractivity (Wildman–Crippen MR) is 69.1 cm³/mol. The number of amides is 1. The van der Waals surface area contributed by atoms with Gasteiger partial charge < -0.3 is 16.2 Å². The Morgan fingerprint density at radius 3 is 2.22 bits per heavy atom. The Bertz CT molecular complexity index is 568. The maximum Gasteiger partial charge on any atom is 0.430 e. The Kier molecular flexibility index (Phi) is 4.09. The molecule has 0 saturated heterocycles. The monoisotopic (exact) mass is 289 g/mol. The lowest BCUT2D eigenvalue weighted by Gasteiger charge is -2.18. The molecule has 0 spiro atoms. The summed E-state index contributed by atoms with van der Waals surface area (Å²) in [5.41, 5.74) is 11.0. The van der Waals surface area contributed by atoms with Crippen LogP contribution in [0.5, 0.6) is 0 Å². The van der Waals surface area contributed by atoms with E-state index in [1.165, 1.54) is 24.3 Å². The molecule has 0 atom stereocenters. The highest BCUT2D eigenvalue weighted by Gasteiger charge is 2.32. The van der Waals surface area contributed by atoms with Crippen LogP contribution in [0.1, 0.15) is 0 Å². The average Bonchev–Trinajstić information content (AvgIpc) is 2.28. The highest BCUT2D eigenvalue weighted by atomic mass is 32.2. The summed E-state index contributed by atoms with van der Waals surface area (Å²) in [4.78, 5) is 11.2. The fourth-order valence-electron chi connectivity index (χ4n) is 1.13. The molecule has 7 nitrogen and oxygen atoms in total. The van der Waals surface area contributed by atoms with Gasteiger partial charge >= 0.3 is 6.09 Å². The Labute approximate surface area is 109 Å². The zero-order valence-electron chi connectivity index (χ0n) is 9.36. The van der Waals surface area contributed by atoms with E-state index >= 15 is 0 Å². The number of benzene rings is 1. The van der Waals surface area contributed by atoms with Crippen molar-refractivity contribution in [1.29, 1.82) is 0 Å². The minimum atomic E-state index is -4.19. The van der Waals surface area contributed by atoms with Crippen molar-refractivity contribution in [1.82, 2.24) is 4.31 Å². The number of hydrogen-bond acceptors (Lipinski definition) is 6. The lowest BCUT2D eigenvalue weighted by atomic mass is 10.3. The van der Waals surface area contributed by atoms with Gasteiger partial charge in [-0.1, -0.05) is 0 Å². The summed E-state index contributed by atoms with van der Waals surface area (Å²) in [5, 5.41) is -0.626. The number of anilines is 1. The molecule has 1 amide bonds. The lowest BCUT2D eigenvalue weighted by Crippen LogP contribution is -2.44. The van der Waals surface area contributed by atoms with E-state index in [4.69, 9.17) is 11.5 Å². The molecule has 0 heterocycles. The molecule has 4 N–H and O–H groups in total. The Morgan fingerprint density at radius 2 is 1.83 bits per heavy atom. The molecule has 9 heteroatoms. The van der Waals surface area contributed by atoms with Gasteiger partial charge in [-0.3, -0.25) is 0 Å². The Morgan fingerprint density at radius 1 is 1.33 bits per heavy atom. The molecule has 1 aromatic rings. The number of thiocarbonyl (C=S) groups is 1. The second kappa shape index (κ2) is 5.19. The molecule has 0 aliphatic heterocycles. The summed E-state index contributed by atoms with van der Waals surface area (Å²) in [5.74, 6) is 0. The van der Waals surface area contributed by atoms with Crippen molar-refractivity contribution in [2.75, 3.05) is 12.8 Å². The molecule has 0 fully saturated rings. The van der Waals surface area contributed by atoms with Crippen molar-refractivity contribution in [2.24, 2.45) is 5.73 Å². The van der Waals surface area contributed by atoms with Crippen molar-refractivity contribution in [3.05, 3.63) is 24.3 Å². The van der Waals surface area contributed by atoms with E-state index in [9.17, 15) is 13.2 Å². The number of carbonyl (C=O) groups is 1. The Hall–Kier alpha value is -1.87. The quantitative estimate of drug-likeness (QED) is 0.593. The van der Waals surface area contributed by atoms with Gasteiger partial charge in [0.25, 0.3) is 10.0 Å². The maximum atomic E-state index is 12.1. The van der Waals surface area contributed by atoms with Gasteiger partial charge in [-0.15, -0.1) is 4.31 Å². The van der Waals surface area contributed by atoms with Crippen LogP contribution in [0.4, 0.5) is 10.5 Å². The number of ether oxygens (including phenoxy) is 1. The van der Waals surface area contributed by atoms with E-state index in [0.717, 1.165) is 7.11 Å². The van der Waals surface area contributed by atoms with Gasteiger partial charge in [0.1, 0.15) is 0 Å². The van der Waals surface area contributed by atoms with Crippen molar-refractivity contribution >= 4 is 39.1 Å². The third-order valence-corrected chi connectivity index (χ3v) is 3.95. The van der Waals surface area contributed by atoms with Crippen LogP contribution in [-0.2, 0) is 14.8 Å². The molecule has 0 radical (unpaired) electrons. The molecule has 0 aliphatic carbocycles. The summed E-state index contributed by atoms with van der Waals surface area (Å²) in [7, 11) is -3.17. The largest absolute Gasteiger partial charge is 0.452 e. The number of hydrogen-bond donors (Lipinski definition) is 2. The van der Waals surface area contributed by atoms with Crippen LogP contribution >= 0.6 is 12.2 Å². The summed E-state index contributed by atoms with van der Waals surface area (Å²) in [6, 6.07) is 5.22. The molecule has 18 heavy (non-hydrogen) atoms. The number of methoxy groups -OCH3 is 1. The minimum Gasteiger partial charge on any atom is -0.452 e. The van der Waals surface area contributed by atoms with Gasteiger partial charge in [0.05, 0.1) is 12.0 Å². The van der Waals surface area contributed by atoms with E-state index in [2.05, 4.69) is 17.0 Å². The molecule has 98 valence electrons. The third kappa shape index (κ3) is 2.68. The number of nitrogens with zero attached hydrogens (tertiary/aromatic N) is 1. The second-order valence-corrected chi connectivity index (χ2v) is 5.35. The van der Waals surface area contributed by atoms with Gasteiger partial charge in [0.15, 0.2) is 5.11 Å². The van der Waals surface area contributed by atoms with Crippen molar-refractivity contribution < 1.29 is 17.9 Å². The van der Waals surface area contributed by atoms with Gasteiger partial charge in [0, 0.05) is 5.69 Å². The standard InChI is InChI=1S/C9H11N3O4S2/c1-16-9(13)12(8(11)17)18(14,15)7-4-2-6(10)3-5-7/h2-5H,10H2,1H3,(H2,11,17). The van der Waals surface area contributed by atoms with E-state index in [1.807, 2.05) is 0 Å². The van der Waals surface area contributed by atoms with Crippen molar-refractivity contribution in [3.8, 4) is 0 Å². The summed E-state index contributed by atoms with van der Waals surface area (Å²) in [6.07, 6.45) is -1.18. The number of nitrogen functional groups attached to an aromatic ring is 1. The first-order chi connectivity index (χ1) is 8.30. The van der Waals surface area contributed by atoms with E-state index < -0.39 is 21.2 Å². The molecule has 1 aromatic carbocycles. The first-order valence-corrected chi connectivity index (χ1v) is 6.43. The van der Waals surface area contributed by atoms with E-state index in [1.54, 1.807) is 0 Å². The van der Waals surface area contributed by atoms with Crippen molar-refractivity contribution in [3.63, 3.8) is 0 Å². The van der Waals surface area contributed by atoms with Crippen LogP contribution in [0.25, 0.3) is 0 Å². The molecule has 0 bridgehead atoms. The predicted octanol–water partition coefficient (Wildman–Crippen LogP) is 0.269. The van der Waals surface area contributed by atoms with Gasteiger partial charge in [0.2, 0.25) is 0 Å². The highest BCUT2D eigenvalue weighted by molar-refractivity contribution is 7.92. The number of carbonyl (C=O) groups excluding carboxylic acids is 1. The topological polar surface area (TPSA) is 116 Å². The molecule has 1 rings (SSSR count). The van der Waals surface area contributed by atoms with Crippen LogP contribution in [0.3, 0.4) is 0 Å². The van der Waals surface area contributed by atoms with Crippen LogP contribution < -0.4 is 11.5 Å². The molecule has 0 saturated carbocycles. The van der Waals surface area contributed by atoms with Crippen LogP contribution in [0.2, 0.25) is 0 Å². The summed E-state index contributed by atoms with van der Waals surface area (Å²) >= 11 is 4.53. The van der Waals surface area contributed by atoms with Crippen LogP contribution in [0.15, 0.2) is 29.2 Å². The minimum absolute atomic E-state index is 0.171. The maximum absolute atomic E-state index is 12.1. The SMILES string of the molecule is COC(=O)N(C(N)=S)S(=O)(=O)c1ccc(N)cc1. The van der Waals surface area contributed by atoms with E-state index in [0.29, 0.717) is 5.69 Å². The smallest absolute Gasteiger partial charge is 0.430 e. The van der Waals surface area contributed by atoms with Crippen LogP contribution in [-0.4, -0.2) is 31.0 Å². The highest BCUT2D eigenvalue weighted by Crippen LogP contribution is 2.17. The lowest BCUT2D eigenvalue weighted by molar-refractivity contribution is 0.162. The second-order valence-electron chi connectivity index (χ2n) is 3.15. The zero-order valence-corrected chi connectivity index (χ0v) is 11.0.